The van der Waals surface area contributed by atoms with Crippen LogP contribution in [0.15, 0.2) is 29.0 Å². The normalized spacial score (nSPS) is 12.8. The molecule has 2 rings (SSSR count). The Hall–Kier alpha value is -0.850. The highest BCUT2D eigenvalue weighted by atomic mass is 32.2. The number of hydrogen-bond donors (Lipinski definition) is 1. The fourth-order valence-corrected chi connectivity index (χ4v) is 2.97. The molecule has 1 N–H and O–H groups in total. The molecule has 0 aliphatic heterocycles. The number of nitrogens with one attached hydrogen (secondary N) is 1. The summed E-state index contributed by atoms with van der Waals surface area (Å²) >= 11 is 3.53. The molecule has 0 aliphatic rings. The average Bonchev–Trinajstić information content (AvgIpc) is 2.92. The second kappa shape index (κ2) is 6.18. The summed E-state index contributed by atoms with van der Waals surface area (Å²) in [5, 5.41) is 11.1. The van der Waals surface area contributed by atoms with Gasteiger partial charge >= 0.3 is 0 Å². The van der Waals surface area contributed by atoms with Crippen molar-refractivity contribution < 1.29 is 0 Å². The van der Waals surface area contributed by atoms with Crippen molar-refractivity contribution in [2.75, 3.05) is 6.54 Å². The second-order valence-electron chi connectivity index (χ2n) is 3.80. The molecule has 0 amide bonds. The predicted molar refractivity (Wildman–Crippen MR) is 72.3 cm³/mol. The van der Waals surface area contributed by atoms with Crippen molar-refractivity contribution in [1.82, 2.24) is 20.1 Å². The number of aromatic nitrogens is 3. The Morgan fingerprint density at radius 2 is 2.47 bits per heavy atom. The summed E-state index contributed by atoms with van der Waals surface area (Å²) in [6.45, 7) is 4.11. The summed E-state index contributed by atoms with van der Waals surface area (Å²) in [6, 6.07) is 4.23. The van der Waals surface area contributed by atoms with E-state index in [1.54, 1.807) is 34.1 Å². The van der Waals surface area contributed by atoms with Crippen LogP contribution in [0.5, 0.6) is 0 Å². The van der Waals surface area contributed by atoms with Crippen LogP contribution in [0.3, 0.4) is 0 Å². The molecule has 2 aromatic heterocycles. The highest BCUT2D eigenvalue weighted by Gasteiger charge is 2.08. The van der Waals surface area contributed by atoms with E-state index >= 15 is 0 Å². The summed E-state index contributed by atoms with van der Waals surface area (Å²) in [6.07, 6.45) is 1.59. The van der Waals surface area contributed by atoms with Crippen molar-refractivity contribution in [3.63, 3.8) is 0 Å². The van der Waals surface area contributed by atoms with Crippen LogP contribution in [0, 0.1) is 0 Å². The predicted octanol–water partition coefficient (Wildman–Crippen LogP) is 2.15. The van der Waals surface area contributed by atoms with E-state index in [1.807, 2.05) is 7.05 Å². The molecule has 2 heterocycles. The van der Waals surface area contributed by atoms with Crippen LogP contribution in [-0.4, -0.2) is 26.6 Å². The van der Waals surface area contributed by atoms with Gasteiger partial charge in [0.1, 0.15) is 6.33 Å². The van der Waals surface area contributed by atoms with Gasteiger partial charge in [-0.05, 0) is 11.4 Å². The van der Waals surface area contributed by atoms with Crippen molar-refractivity contribution in [2.45, 2.75) is 23.9 Å². The number of nitrogens with zero attached hydrogens (tertiary/aromatic N) is 3. The fourth-order valence-electron chi connectivity index (χ4n) is 1.43. The van der Waals surface area contributed by atoms with Crippen LogP contribution in [0.2, 0.25) is 0 Å². The molecular weight excluding hydrogens is 252 g/mol. The van der Waals surface area contributed by atoms with E-state index in [9.17, 15) is 0 Å². The summed E-state index contributed by atoms with van der Waals surface area (Å²) in [5.41, 5.74) is 0. The third-order valence-corrected chi connectivity index (χ3v) is 4.31. The lowest BCUT2D eigenvalue weighted by atomic mass is 10.4. The molecule has 1 unspecified atom stereocenters. The topological polar surface area (TPSA) is 42.7 Å². The van der Waals surface area contributed by atoms with E-state index in [2.05, 4.69) is 39.8 Å². The van der Waals surface area contributed by atoms with Crippen LogP contribution >= 0.6 is 23.1 Å². The molecule has 0 spiro atoms. The number of aryl methyl sites for hydroxylation is 1. The zero-order valence-corrected chi connectivity index (χ0v) is 11.6. The van der Waals surface area contributed by atoms with E-state index in [0.29, 0.717) is 5.25 Å². The molecule has 0 fully saturated rings. The molecule has 1 atom stereocenters. The molecule has 0 radical (unpaired) electrons. The SMILES string of the molecule is CC(CNCc1cccs1)Sc1ncnn1C. The van der Waals surface area contributed by atoms with Crippen molar-refractivity contribution in [3.8, 4) is 0 Å². The van der Waals surface area contributed by atoms with E-state index in [4.69, 9.17) is 0 Å². The zero-order chi connectivity index (χ0) is 12.1. The Kier molecular flexibility index (Phi) is 4.58. The standard InChI is InChI=1S/C11H16N4S2/c1-9(17-11-13-8-14-15(11)2)6-12-7-10-4-3-5-16-10/h3-5,8-9,12H,6-7H2,1-2H3. The Morgan fingerprint density at radius 3 is 3.12 bits per heavy atom. The van der Waals surface area contributed by atoms with Crippen molar-refractivity contribution in [2.24, 2.45) is 7.05 Å². The first-order valence-corrected chi connectivity index (χ1v) is 7.25. The molecule has 17 heavy (non-hydrogen) atoms. The third-order valence-electron chi connectivity index (χ3n) is 2.29. The molecule has 0 saturated carbocycles. The van der Waals surface area contributed by atoms with Gasteiger partial charge in [0.2, 0.25) is 0 Å². The maximum absolute atomic E-state index is 4.20. The van der Waals surface area contributed by atoms with E-state index in [1.165, 1.54) is 4.88 Å². The first-order chi connectivity index (χ1) is 8.25. The van der Waals surface area contributed by atoms with Crippen molar-refractivity contribution in [3.05, 3.63) is 28.7 Å². The van der Waals surface area contributed by atoms with Gasteiger partial charge in [-0.1, -0.05) is 24.8 Å². The molecule has 6 heteroatoms. The zero-order valence-electron chi connectivity index (χ0n) is 9.96. The summed E-state index contributed by atoms with van der Waals surface area (Å²) in [4.78, 5) is 5.58. The fraction of sp³-hybridized carbons (Fsp3) is 0.455. The highest BCUT2D eigenvalue weighted by Crippen LogP contribution is 2.19. The van der Waals surface area contributed by atoms with Crippen LogP contribution in [0.25, 0.3) is 0 Å². The third kappa shape index (κ3) is 3.83. The molecule has 0 aliphatic carbocycles. The summed E-state index contributed by atoms with van der Waals surface area (Å²) in [5.74, 6) is 0. The van der Waals surface area contributed by atoms with Gasteiger partial charge in [0.15, 0.2) is 5.16 Å². The number of rotatable bonds is 6. The van der Waals surface area contributed by atoms with Gasteiger partial charge in [0, 0.05) is 30.3 Å². The Balaban J connectivity index is 1.71. The average molecular weight is 268 g/mol. The van der Waals surface area contributed by atoms with E-state index in [-0.39, 0.29) is 0 Å². The van der Waals surface area contributed by atoms with Gasteiger partial charge in [-0.25, -0.2) is 9.67 Å². The van der Waals surface area contributed by atoms with E-state index < -0.39 is 0 Å². The Bertz CT molecular complexity index is 438. The maximum Gasteiger partial charge on any atom is 0.186 e. The monoisotopic (exact) mass is 268 g/mol. The minimum atomic E-state index is 0.484. The van der Waals surface area contributed by atoms with Crippen LogP contribution < -0.4 is 5.32 Å². The Labute approximate surface area is 109 Å². The quantitative estimate of drug-likeness (QED) is 0.815. The minimum Gasteiger partial charge on any atom is -0.311 e. The van der Waals surface area contributed by atoms with Crippen molar-refractivity contribution >= 4 is 23.1 Å². The Morgan fingerprint density at radius 1 is 1.59 bits per heavy atom. The number of hydrogen-bond acceptors (Lipinski definition) is 5. The first-order valence-electron chi connectivity index (χ1n) is 5.49. The molecule has 0 bridgehead atoms. The lowest BCUT2D eigenvalue weighted by Gasteiger charge is -2.10. The van der Waals surface area contributed by atoms with Crippen LogP contribution in [0.1, 0.15) is 11.8 Å². The molecular formula is C11H16N4S2. The largest absolute Gasteiger partial charge is 0.311 e. The lowest BCUT2D eigenvalue weighted by molar-refractivity contribution is 0.669. The van der Waals surface area contributed by atoms with Gasteiger partial charge in [0.25, 0.3) is 0 Å². The summed E-state index contributed by atoms with van der Waals surface area (Å²) < 4.78 is 1.81. The lowest BCUT2D eigenvalue weighted by Crippen LogP contribution is -2.22. The molecule has 0 aromatic carbocycles. The van der Waals surface area contributed by atoms with Gasteiger partial charge in [0.05, 0.1) is 0 Å². The molecule has 92 valence electrons. The molecule has 2 aromatic rings. The van der Waals surface area contributed by atoms with E-state index in [0.717, 1.165) is 18.2 Å². The highest BCUT2D eigenvalue weighted by molar-refractivity contribution is 7.99. The van der Waals surface area contributed by atoms with Gasteiger partial charge < -0.3 is 5.32 Å². The van der Waals surface area contributed by atoms with Crippen LogP contribution in [-0.2, 0) is 13.6 Å². The van der Waals surface area contributed by atoms with Gasteiger partial charge in [-0.3, -0.25) is 0 Å². The molecule has 0 saturated heterocycles. The smallest absolute Gasteiger partial charge is 0.186 e. The van der Waals surface area contributed by atoms with Crippen LogP contribution in [0.4, 0.5) is 0 Å². The minimum absolute atomic E-state index is 0.484. The maximum atomic E-state index is 4.20. The number of thiophene rings is 1. The van der Waals surface area contributed by atoms with Gasteiger partial charge in [-0.2, -0.15) is 5.10 Å². The van der Waals surface area contributed by atoms with Gasteiger partial charge in [-0.15, -0.1) is 11.3 Å². The molecule has 4 nitrogen and oxygen atoms in total. The number of thioether (sulfide) groups is 1. The second-order valence-corrected chi connectivity index (χ2v) is 6.24. The van der Waals surface area contributed by atoms with Crippen molar-refractivity contribution in [1.29, 1.82) is 0 Å². The first kappa shape index (κ1) is 12.6. The summed E-state index contributed by atoms with van der Waals surface area (Å²) in [7, 11) is 1.92.